The first-order chi connectivity index (χ1) is 9.24. The van der Waals surface area contributed by atoms with Gasteiger partial charge in [0.15, 0.2) is 6.10 Å². The maximum Gasteiger partial charge on any atom is 0.204 e. The molecule has 1 heterocycles. The lowest BCUT2D eigenvalue weighted by Crippen LogP contribution is -2.32. The molecule has 1 unspecified atom stereocenters. The van der Waals surface area contributed by atoms with Gasteiger partial charge in [-0.25, -0.2) is 4.39 Å². The Morgan fingerprint density at radius 1 is 1.21 bits per heavy atom. The first kappa shape index (κ1) is 12.2. The maximum absolute atomic E-state index is 13.1. The molecular weight excluding hydrogens is 263 g/mol. The number of carbonyl (C=O) groups excluding carboxylic acids is 1. The van der Waals surface area contributed by atoms with E-state index in [-0.39, 0.29) is 5.78 Å². The van der Waals surface area contributed by atoms with Crippen LogP contribution in [0.5, 0.6) is 5.75 Å². The van der Waals surface area contributed by atoms with Crippen molar-refractivity contribution in [2.75, 3.05) is 5.75 Å². The quantitative estimate of drug-likeness (QED) is 0.783. The number of hydrogen-bond acceptors (Lipinski definition) is 3. The van der Waals surface area contributed by atoms with Crippen LogP contribution in [0.3, 0.4) is 0 Å². The Balaban J connectivity index is 1.83. The molecule has 2 aromatic carbocycles. The van der Waals surface area contributed by atoms with Crippen LogP contribution in [0.4, 0.5) is 4.39 Å². The predicted molar refractivity (Wildman–Crippen MR) is 72.3 cm³/mol. The van der Waals surface area contributed by atoms with Crippen molar-refractivity contribution in [3.8, 4) is 5.75 Å². The molecule has 0 amide bonds. The fourth-order valence-corrected chi connectivity index (χ4v) is 2.96. The van der Waals surface area contributed by atoms with E-state index in [0.717, 1.165) is 4.90 Å². The number of thioether (sulfide) groups is 1. The van der Waals surface area contributed by atoms with Gasteiger partial charge < -0.3 is 4.74 Å². The van der Waals surface area contributed by atoms with Gasteiger partial charge in [0.25, 0.3) is 0 Å². The van der Waals surface area contributed by atoms with Gasteiger partial charge in [-0.3, -0.25) is 4.79 Å². The zero-order chi connectivity index (χ0) is 13.2. The largest absolute Gasteiger partial charge is 0.480 e. The molecule has 2 nitrogen and oxygen atoms in total. The molecule has 1 aliphatic heterocycles. The third-order valence-electron chi connectivity index (χ3n) is 2.91. The zero-order valence-corrected chi connectivity index (χ0v) is 10.8. The average Bonchev–Trinajstić information content (AvgIpc) is 2.46. The minimum atomic E-state index is -0.554. The summed E-state index contributed by atoms with van der Waals surface area (Å²) < 4.78 is 18.8. The number of rotatable bonds is 2. The van der Waals surface area contributed by atoms with Gasteiger partial charge in [0, 0.05) is 16.2 Å². The third-order valence-corrected chi connectivity index (χ3v) is 4.03. The van der Waals surface area contributed by atoms with Crippen molar-refractivity contribution in [1.82, 2.24) is 0 Å². The highest BCUT2D eigenvalue weighted by molar-refractivity contribution is 7.99. The molecule has 0 spiro atoms. The van der Waals surface area contributed by atoms with Crippen LogP contribution >= 0.6 is 11.8 Å². The maximum atomic E-state index is 13.1. The molecule has 0 aliphatic carbocycles. The highest BCUT2D eigenvalue weighted by Crippen LogP contribution is 2.35. The number of ketones is 1. The second-order valence-electron chi connectivity index (χ2n) is 4.24. The lowest BCUT2D eigenvalue weighted by Gasteiger charge is -2.24. The van der Waals surface area contributed by atoms with Gasteiger partial charge in [-0.15, -0.1) is 11.8 Å². The summed E-state index contributed by atoms with van der Waals surface area (Å²) in [6.07, 6.45) is -0.554. The SMILES string of the molecule is O=C(c1cccc(F)c1)C1CSc2ccccc2O1. The van der Waals surface area contributed by atoms with Gasteiger partial charge in [0.1, 0.15) is 11.6 Å². The number of hydrogen-bond donors (Lipinski definition) is 0. The van der Waals surface area contributed by atoms with Crippen molar-refractivity contribution in [3.63, 3.8) is 0 Å². The van der Waals surface area contributed by atoms with E-state index < -0.39 is 11.9 Å². The number of ether oxygens (including phenoxy) is 1. The summed E-state index contributed by atoms with van der Waals surface area (Å²) >= 11 is 1.58. The summed E-state index contributed by atoms with van der Waals surface area (Å²) in [5.74, 6) is 0.677. The van der Waals surface area contributed by atoms with Crippen molar-refractivity contribution in [2.45, 2.75) is 11.0 Å². The van der Waals surface area contributed by atoms with E-state index in [1.165, 1.54) is 18.2 Å². The number of benzene rings is 2. The summed E-state index contributed by atoms with van der Waals surface area (Å²) in [5, 5.41) is 0. The molecule has 4 heteroatoms. The molecule has 0 aromatic heterocycles. The van der Waals surface area contributed by atoms with E-state index in [1.807, 2.05) is 24.3 Å². The summed E-state index contributed by atoms with van der Waals surface area (Å²) in [7, 11) is 0. The summed E-state index contributed by atoms with van der Waals surface area (Å²) in [6, 6.07) is 13.3. The topological polar surface area (TPSA) is 26.3 Å². The van der Waals surface area contributed by atoms with Gasteiger partial charge in [-0.1, -0.05) is 24.3 Å². The molecule has 0 N–H and O–H groups in total. The fourth-order valence-electron chi connectivity index (χ4n) is 1.98. The predicted octanol–water partition coefficient (Wildman–Crippen LogP) is 3.56. The standard InChI is InChI=1S/C15H11FO2S/c16-11-5-3-4-10(8-11)15(17)13-9-19-14-7-2-1-6-12(14)18-13/h1-8,13H,9H2. The normalized spacial score (nSPS) is 17.4. The van der Waals surface area contributed by atoms with Crippen molar-refractivity contribution in [2.24, 2.45) is 0 Å². The second kappa shape index (κ2) is 5.05. The summed E-state index contributed by atoms with van der Waals surface area (Å²) in [6.45, 7) is 0. The Bertz CT molecular complexity index is 627. The van der Waals surface area contributed by atoms with E-state index in [0.29, 0.717) is 17.1 Å². The summed E-state index contributed by atoms with van der Waals surface area (Å²) in [5.41, 5.74) is 0.352. The molecule has 0 saturated carbocycles. The first-order valence-electron chi connectivity index (χ1n) is 5.92. The Morgan fingerprint density at radius 2 is 2.05 bits per heavy atom. The van der Waals surface area contributed by atoms with Crippen LogP contribution in [-0.4, -0.2) is 17.6 Å². The highest BCUT2D eigenvalue weighted by Gasteiger charge is 2.27. The average molecular weight is 274 g/mol. The van der Waals surface area contributed by atoms with E-state index >= 15 is 0 Å². The van der Waals surface area contributed by atoms with E-state index in [2.05, 4.69) is 0 Å². The molecule has 19 heavy (non-hydrogen) atoms. The van der Waals surface area contributed by atoms with Crippen molar-refractivity contribution in [3.05, 3.63) is 59.9 Å². The molecule has 0 saturated heterocycles. The fraction of sp³-hybridized carbons (Fsp3) is 0.133. The van der Waals surface area contributed by atoms with Crippen molar-refractivity contribution < 1.29 is 13.9 Å². The van der Waals surface area contributed by atoms with Gasteiger partial charge >= 0.3 is 0 Å². The molecular formula is C15H11FO2S. The third kappa shape index (κ3) is 2.49. The van der Waals surface area contributed by atoms with E-state index in [1.54, 1.807) is 17.8 Å². The lowest BCUT2D eigenvalue weighted by atomic mass is 10.1. The molecule has 3 rings (SSSR count). The number of para-hydroxylation sites is 1. The van der Waals surface area contributed by atoms with E-state index in [9.17, 15) is 9.18 Å². The summed E-state index contributed by atoms with van der Waals surface area (Å²) in [4.78, 5) is 13.3. The monoisotopic (exact) mass is 274 g/mol. The van der Waals surface area contributed by atoms with Gasteiger partial charge in [-0.2, -0.15) is 0 Å². The van der Waals surface area contributed by atoms with Crippen LogP contribution in [0.1, 0.15) is 10.4 Å². The number of Topliss-reactive ketones (excluding diaryl/α,β-unsaturated/α-hetero) is 1. The van der Waals surface area contributed by atoms with Gasteiger partial charge in [0.05, 0.1) is 0 Å². The second-order valence-corrected chi connectivity index (χ2v) is 5.30. The lowest BCUT2D eigenvalue weighted by molar-refractivity contribution is 0.0814. The van der Waals surface area contributed by atoms with Gasteiger partial charge in [0.2, 0.25) is 5.78 Å². The molecule has 1 atom stereocenters. The molecule has 2 aromatic rings. The Hall–Kier alpha value is -1.81. The Kier molecular flexibility index (Phi) is 3.25. The molecule has 1 aliphatic rings. The molecule has 0 bridgehead atoms. The molecule has 96 valence electrons. The van der Waals surface area contributed by atoms with E-state index in [4.69, 9.17) is 4.74 Å². The minimum absolute atomic E-state index is 0.179. The zero-order valence-electron chi connectivity index (χ0n) is 10.0. The smallest absolute Gasteiger partial charge is 0.204 e. The highest BCUT2D eigenvalue weighted by atomic mass is 32.2. The van der Waals surface area contributed by atoms with Crippen LogP contribution in [0.15, 0.2) is 53.4 Å². The van der Waals surface area contributed by atoms with Crippen LogP contribution in [0.25, 0.3) is 0 Å². The minimum Gasteiger partial charge on any atom is -0.480 e. The number of halogens is 1. The number of fused-ring (bicyclic) bond motifs is 1. The first-order valence-corrected chi connectivity index (χ1v) is 6.91. The van der Waals surface area contributed by atoms with Crippen LogP contribution < -0.4 is 4.74 Å². The van der Waals surface area contributed by atoms with Gasteiger partial charge in [-0.05, 0) is 24.3 Å². The van der Waals surface area contributed by atoms with Crippen LogP contribution in [0.2, 0.25) is 0 Å². The molecule has 0 fully saturated rings. The Morgan fingerprint density at radius 3 is 2.89 bits per heavy atom. The van der Waals surface area contributed by atoms with Crippen molar-refractivity contribution >= 4 is 17.5 Å². The van der Waals surface area contributed by atoms with Crippen LogP contribution in [0, 0.1) is 5.82 Å². The number of carbonyl (C=O) groups is 1. The molecule has 0 radical (unpaired) electrons. The van der Waals surface area contributed by atoms with Crippen molar-refractivity contribution in [1.29, 1.82) is 0 Å². The van der Waals surface area contributed by atoms with Crippen LogP contribution in [-0.2, 0) is 0 Å². The Labute approximate surface area is 114 Å².